The molecule has 0 amide bonds. The van der Waals surface area contributed by atoms with Gasteiger partial charge in [-0.25, -0.2) is 0 Å². The summed E-state index contributed by atoms with van der Waals surface area (Å²) in [6.45, 7) is 2.41. The first kappa shape index (κ1) is 9.01. The molecule has 11 heavy (non-hydrogen) atoms. The molecule has 2 heteroatoms. The van der Waals surface area contributed by atoms with Gasteiger partial charge in [0.25, 0.3) is 0 Å². The smallest absolute Gasteiger partial charge is 0.00675 e. The van der Waals surface area contributed by atoms with Gasteiger partial charge < -0.3 is 10.6 Å². The Kier molecular flexibility index (Phi) is 4.55. The zero-order valence-corrected chi connectivity index (χ0v) is 7.53. The second-order valence-corrected chi connectivity index (χ2v) is 3.39. The molecule has 0 unspecified atom stereocenters. The Morgan fingerprint density at radius 1 is 1.45 bits per heavy atom. The fourth-order valence-corrected chi connectivity index (χ4v) is 1.70. The molecule has 66 valence electrons. The molecule has 0 aromatic rings. The van der Waals surface area contributed by atoms with Crippen molar-refractivity contribution in [3.05, 3.63) is 0 Å². The van der Waals surface area contributed by atoms with Gasteiger partial charge in [-0.1, -0.05) is 6.42 Å². The lowest BCUT2D eigenvalue weighted by Crippen LogP contribution is -2.34. The highest BCUT2D eigenvalue weighted by atomic mass is 14.9. The summed E-state index contributed by atoms with van der Waals surface area (Å²) in [5.74, 6) is 0. The summed E-state index contributed by atoms with van der Waals surface area (Å²) in [7, 11) is 2.02. The first-order valence-corrected chi connectivity index (χ1v) is 4.81. The molecule has 0 bridgehead atoms. The molecule has 1 aliphatic rings. The third-order valence-electron chi connectivity index (χ3n) is 2.39. The van der Waals surface area contributed by atoms with Gasteiger partial charge in [-0.2, -0.15) is 0 Å². The first-order chi connectivity index (χ1) is 5.43. The fourth-order valence-electron chi connectivity index (χ4n) is 1.70. The van der Waals surface area contributed by atoms with Crippen LogP contribution < -0.4 is 10.6 Å². The number of piperidine rings is 1. The predicted octanol–water partition coefficient (Wildman–Crippen LogP) is 1.13. The molecule has 0 saturated carbocycles. The first-order valence-electron chi connectivity index (χ1n) is 4.81. The topological polar surface area (TPSA) is 24.1 Å². The lowest BCUT2D eigenvalue weighted by atomic mass is 10.0. The SMILES string of the molecule is CNCCC[C@@H]1CCCCN1. The predicted molar refractivity (Wildman–Crippen MR) is 48.8 cm³/mol. The molecule has 0 spiro atoms. The molecular formula is C9H20N2. The summed E-state index contributed by atoms with van der Waals surface area (Å²) in [6, 6.07) is 0.817. The minimum absolute atomic E-state index is 0.817. The Labute approximate surface area is 69.8 Å². The van der Waals surface area contributed by atoms with Crippen LogP contribution in [0, 0.1) is 0 Å². The van der Waals surface area contributed by atoms with Crippen LogP contribution in [0.3, 0.4) is 0 Å². The minimum Gasteiger partial charge on any atom is -0.320 e. The maximum Gasteiger partial charge on any atom is 0.00675 e. The minimum atomic E-state index is 0.817. The Bertz CT molecular complexity index is 87.6. The highest BCUT2D eigenvalue weighted by Gasteiger charge is 2.10. The van der Waals surface area contributed by atoms with Crippen LogP contribution in [0.25, 0.3) is 0 Å². The van der Waals surface area contributed by atoms with E-state index in [2.05, 4.69) is 10.6 Å². The second kappa shape index (κ2) is 5.56. The molecule has 2 N–H and O–H groups in total. The quantitative estimate of drug-likeness (QED) is 0.596. The molecule has 0 aromatic carbocycles. The van der Waals surface area contributed by atoms with Gasteiger partial charge in [0, 0.05) is 6.04 Å². The monoisotopic (exact) mass is 156 g/mol. The Hall–Kier alpha value is -0.0800. The average Bonchev–Trinajstić information content (AvgIpc) is 2.07. The molecule has 0 aromatic heterocycles. The van der Waals surface area contributed by atoms with E-state index in [9.17, 15) is 0 Å². The zero-order chi connectivity index (χ0) is 7.94. The van der Waals surface area contributed by atoms with E-state index in [0.29, 0.717) is 0 Å². The van der Waals surface area contributed by atoms with E-state index in [1.54, 1.807) is 0 Å². The van der Waals surface area contributed by atoms with Crippen molar-refractivity contribution in [2.24, 2.45) is 0 Å². The Morgan fingerprint density at radius 2 is 2.36 bits per heavy atom. The van der Waals surface area contributed by atoms with E-state index in [4.69, 9.17) is 0 Å². The van der Waals surface area contributed by atoms with Gasteiger partial charge in [-0.3, -0.25) is 0 Å². The van der Waals surface area contributed by atoms with Gasteiger partial charge in [0.2, 0.25) is 0 Å². The number of hydrogen-bond acceptors (Lipinski definition) is 2. The van der Waals surface area contributed by atoms with Gasteiger partial charge in [-0.05, 0) is 45.8 Å². The second-order valence-electron chi connectivity index (χ2n) is 3.39. The van der Waals surface area contributed by atoms with Crippen molar-refractivity contribution in [2.75, 3.05) is 20.1 Å². The van der Waals surface area contributed by atoms with E-state index in [1.807, 2.05) is 7.05 Å². The molecule has 0 radical (unpaired) electrons. The normalized spacial score (nSPS) is 25.4. The van der Waals surface area contributed by atoms with Gasteiger partial charge in [0.1, 0.15) is 0 Å². The molecule has 1 fully saturated rings. The summed E-state index contributed by atoms with van der Waals surface area (Å²) in [4.78, 5) is 0. The Morgan fingerprint density at radius 3 is 3.00 bits per heavy atom. The summed E-state index contributed by atoms with van der Waals surface area (Å²) >= 11 is 0. The van der Waals surface area contributed by atoms with Gasteiger partial charge in [0.05, 0.1) is 0 Å². The van der Waals surface area contributed by atoms with Crippen molar-refractivity contribution in [1.29, 1.82) is 0 Å². The van der Waals surface area contributed by atoms with Crippen LogP contribution in [-0.2, 0) is 0 Å². The molecular weight excluding hydrogens is 136 g/mol. The fraction of sp³-hybridized carbons (Fsp3) is 1.00. The van der Waals surface area contributed by atoms with Crippen LogP contribution in [-0.4, -0.2) is 26.2 Å². The van der Waals surface area contributed by atoms with Gasteiger partial charge in [-0.15, -0.1) is 0 Å². The number of rotatable bonds is 4. The summed E-state index contributed by atoms with van der Waals surface area (Å²) < 4.78 is 0. The van der Waals surface area contributed by atoms with E-state index in [0.717, 1.165) is 12.6 Å². The number of hydrogen-bond donors (Lipinski definition) is 2. The van der Waals surface area contributed by atoms with Crippen molar-refractivity contribution >= 4 is 0 Å². The van der Waals surface area contributed by atoms with Crippen LogP contribution in [0.1, 0.15) is 32.1 Å². The Balaban J connectivity index is 1.96. The van der Waals surface area contributed by atoms with Crippen molar-refractivity contribution in [2.45, 2.75) is 38.1 Å². The lowest BCUT2D eigenvalue weighted by molar-refractivity contribution is 0.374. The van der Waals surface area contributed by atoms with E-state index in [-0.39, 0.29) is 0 Å². The van der Waals surface area contributed by atoms with E-state index in [1.165, 1.54) is 38.6 Å². The molecule has 2 nitrogen and oxygen atoms in total. The number of nitrogens with one attached hydrogen (secondary N) is 2. The van der Waals surface area contributed by atoms with Crippen molar-refractivity contribution in [3.63, 3.8) is 0 Å². The van der Waals surface area contributed by atoms with Gasteiger partial charge >= 0.3 is 0 Å². The maximum atomic E-state index is 3.55. The van der Waals surface area contributed by atoms with Crippen molar-refractivity contribution in [1.82, 2.24) is 10.6 Å². The summed E-state index contributed by atoms with van der Waals surface area (Å²) in [5, 5.41) is 6.73. The molecule has 1 atom stereocenters. The van der Waals surface area contributed by atoms with Crippen LogP contribution in [0.15, 0.2) is 0 Å². The third-order valence-corrected chi connectivity index (χ3v) is 2.39. The largest absolute Gasteiger partial charge is 0.320 e. The van der Waals surface area contributed by atoms with Crippen molar-refractivity contribution < 1.29 is 0 Å². The molecule has 1 heterocycles. The van der Waals surface area contributed by atoms with E-state index >= 15 is 0 Å². The average molecular weight is 156 g/mol. The molecule has 1 saturated heterocycles. The third kappa shape index (κ3) is 3.73. The van der Waals surface area contributed by atoms with Crippen molar-refractivity contribution in [3.8, 4) is 0 Å². The maximum absolute atomic E-state index is 3.55. The molecule has 0 aliphatic carbocycles. The van der Waals surface area contributed by atoms with Crippen LogP contribution in [0.5, 0.6) is 0 Å². The highest BCUT2D eigenvalue weighted by molar-refractivity contribution is 4.71. The van der Waals surface area contributed by atoms with Crippen LogP contribution in [0.4, 0.5) is 0 Å². The molecule has 1 rings (SSSR count). The lowest BCUT2D eigenvalue weighted by Gasteiger charge is -2.23. The summed E-state index contributed by atoms with van der Waals surface area (Å²) in [5.41, 5.74) is 0. The van der Waals surface area contributed by atoms with Crippen LogP contribution in [0.2, 0.25) is 0 Å². The van der Waals surface area contributed by atoms with E-state index < -0.39 is 0 Å². The standard InChI is InChI=1S/C9H20N2/c1-10-7-4-6-9-5-2-3-8-11-9/h9-11H,2-8H2,1H3/t9-/m0/s1. The highest BCUT2D eigenvalue weighted by Crippen LogP contribution is 2.10. The summed E-state index contributed by atoms with van der Waals surface area (Å²) in [6.07, 6.45) is 6.86. The zero-order valence-electron chi connectivity index (χ0n) is 7.53. The molecule has 1 aliphatic heterocycles. The van der Waals surface area contributed by atoms with Gasteiger partial charge in [0.15, 0.2) is 0 Å². The van der Waals surface area contributed by atoms with Crippen LogP contribution >= 0.6 is 0 Å².